The van der Waals surface area contributed by atoms with Crippen LogP contribution in [0.3, 0.4) is 0 Å². The van der Waals surface area contributed by atoms with Crippen LogP contribution in [0.25, 0.3) is 0 Å². The van der Waals surface area contributed by atoms with Crippen molar-refractivity contribution in [1.29, 1.82) is 0 Å². The lowest BCUT2D eigenvalue weighted by atomic mass is 10.0. The van der Waals surface area contributed by atoms with Crippen LogP contribution in [0, 0.1) is 11.7 Å². The number of likely N-dealkylation sites (tertiary alicyclic amines) is 1. The molecule has 1 aliphatic rings. The van der Waals surface area contributed by atoms with Crippen molar-refractivity contribution in [3.8, 4) is 5.75 Å². The summed E-state index contributed by atoms with van der Waals surface area (Å²) in [6.45, 7) is 2.93. The van der Waals surface area contributed by atoms with E-state index < -0.39 is 0 Å². The van der Waals surface area contributed by atoms with Crippen molar-refractivity contribution >= 4 is 0 Å². The summed E-state index contributed by atoms with van der Waals surface area (Å²) in [6.07, 6.45) is 1.70. The third-order valence-corrected chi connectivity index (χ3v) is 3.99. The highest BCUT2D eigenvalue weighted by Gasteiger charge is 2.23. The van der Waals surface area contributed by atoms with Gasteiger partial charge in [-0.05, 0) is 44.0 Å². The fourth-order valence-electron chi connectivity index (χ4n) is 2.79. The Morgan fingerprint density at radius 1 is 1.55 bits per heavy atom. The third-order valence-electron chi connectivity index (χ3n) is 3.99. The first-order valence-electron chi connectivity index (χ1n) is 7.07. The number of aliphatic hydroxyl groups excluding tert-OH is 1. The molecule has 0 saturated carbocycles. The van der Waals surface area contributed by atoms with Gasteiger partial charge >= 0.3 is 0 Å². The SMILES string of the molecule is COc1cccc(F)c1C(N)CCN1CCC(CO)C1. The van der Waals surface area contributed by atoms with Crippen molar-refractivity contribution in [1.82, 2.24) is 4.90 Å². The number of hydrogen-bond acceptors (Lipinski definition) is 4. The monoisotopic (exact) mass is 282 g/mol. The molecule has 1 heterocycles. The Morgan fingerprint density at radius 3 is 3.00 bits per heavy atom. The minimum atomic E-state index is -0.376. The van der Waals surface area contributed by atoms with Crippen molar-refractivity contribution in [2.45, 2.75) is 18.9 Å². The number of nitrogens with zero attached hydrogens (tertiary/aromatic N) is 1. The number of aliphatic hydroxyl groups is 1. The Balaban J connectivity index is 1.94. The van der Waals surface area contributed by atoms with Gasteiger partial charge in [0.25, 0.3) is 0 Å². The van der Waals surface area contributed by atoms with Gasteiger partial charge in [-0.1, -0.05) is 6.07 Å². The van der Waals surface area contributed by atoms with E-state index in [4.69, 9.17) is 15.6 Å². The van der Waals surface area contributed by atoms with Crippen molar-refractivity contribution in [3.05, 3.63) is 29.6 Å². The minimum absolute atomic E-state index is 0.240. The molecule has 0 aliphatic carbocycles. The smallest absolute Gasteiger partial charge is 0.131 e. The van der Waals surface area contributed by atoms with Gasteiger partial charge in [-0.25, -0.2) is 4.39 Å². The zero-order chi connectivity index (χ0) is 14.5. The molecule has 3 N–H and O–H groups in total. The molecule has 0 bridgehead atoms. The van der Waals surface area contributed by atoms with E-state index >= 15 is 0 Å². The molecule has 1 aromatic rings. The van der Waals surface area contributed by atoms with Crippen LogP contribution in [-0.2, 0) is 0 Å². The highest BCUT2D eigenvalue weighted by atomic mass is 19.1. The molecule has 1 saturated heterocycles. The van der Waals surface area contributed by atoms with E-state index in [9.17, 15) is 4.39 Å². The Hall–Kier alpha value is -1.17. The van der Waals surface area contributed by atoms with E-state index in [1.54, 1.807) is 12.1 Å². The Bertz CT molecular complexity index is 442. The summed E-state index contributed by atoms with van der Waals surface area (Å²) in [4.78, 5) is 2.27. The molecule has 2 unspecified atom stereocenters. The average molecular weight is 282 g/mol. The molecule has 4 nitrogen and oxygen atoms in total. The molecule has 0 spiro atoms. The molecule has 1 aliphatic heterocycles. The topological polar surface area (TPSA) is 58.7 Å². The first-order valence-corrected chi connectivity index (χ1v) is 7.07. The number of hydrogen-bond donors (Lipinski definition) is 2. The molecule has 2 atom stereocenters. The molecular formula is C15H23FN2O2. The molecule has 112 valence electrons. The maximum atomic E-state index is 13.9. The van der Waals surface area contributed by atoms with Gasteiger partial charge in [-0.2, -0.15) is 0 Å². The maximum Gasteiger partial charge on any atom is 0.131 e. The van der Waals surface area contributed by atoms with E-state index in [2.05, 4.69) is 4.90 Å². The van der Waals surface area contributed by atoms with Crippen LogP contribution in [0.15, 0.2) is 18.2 Å². The van der Waals surface area contributed by atoms with Gasteiger partial charge in [0.15, 0.2) is 0 Å². The van der Waals surface area contributed by atoms with Crippen molar-refractivity contribution in [2.75, 3.05) is 33.4 Å². The molecule has 2 rings (SSSR count). The number of methoxy groups -OCH3 is 1. The lowest BCUT2D eigenvalue weighted by Crippen LogP contribution is -2.26. The van der Waals surface area contributed by atoms with Gasteiger partial charge in [0.05, 0.1) is 7.11 Å². The molecule has 0 radical (unpaired) electrons. The van der Waals surface area contributed by atoms with Gasteiger partial charge < -0.3 is 20.5 Å². The third kappa shape index (κ3) is 3.48. The summed E-state index contributed by atoms with van der Waals surface area (Å²) in [7, 11) is 1.53. The quantitative estimate of drug-likeness (QED) is 0.831. The van der Waals surface area contributed by atoms with Crippen molar-refractivity contribution in [2.24, 2.45) is 11.7 Å². The van der Waals surface area contributed by atoms with Crippen molar-refractivity contribution in [3.63, 3.8) is 0 Å². The summed E-state index contributed by atoms with van der Waals surface area (Å²) < 4.78 is 19.1. The second kappa shape index (κ2) is 7.02. The first-order chi connectivity index (χ1) is 9.65. The fourth-order valence-corrected chi connectivity index (χ4v) is 2.79. The lowest BCUT2D eigenvalue weighted by Gasteiger charge is -2.20. The first kappa shape index (κ1) is 15.2. The normalized spacial score (nSPS) is 21.1. The zero-order valence-corrected chi connectivity index (χ0v) is 11.9. The predicted molar refractivity (Wildman–Crippen MR) is 76.1 cm³/mol. The highest BCUT2D eigenvalue weighted by molar-refractivity contribution is 5.37. The van der Waals surface area contributed by atoms with E-state index in [0.29, 0.717) is 23.7 Å². The summed E-state index contributed by atoms with van der Waals surface area (Å²) in [6, 6.07) is 4.39. The summed E-state index contributed by atoms with van der Waals surface area (Å²) in [5, 5.41) is 9.13. The van der Waals surface area contributed by atoms with Crippen LogP contribution >= 0.6 is 0 Å². The van der Waals surface area contributed by atoms with Gasteiger partial charge in [0.2, 0.25) is 0 Å². The largest absolute Gasteiger partial charge is 0.496 e. The van der Waals surface area contributed by atoms with E-state index in [1.807, 2.05) is 0 Å². The average Bonchev–Trinajstić information content (AvgIpc) is 2.92. The molecule has 1 aromatic carbocycles. The minimum Gasteiger partial charge on any atom is -0.496 e. The molecular weight excluding hydrogens is 259 g/mol. The Kier molecular flexibility index (Phi) is 5.34. The predicted octanol–water partition coefficient (Wildman–Crippen LogP) is 1.54. The maximum absolute atomic E-state index is 13.9. The number of benzene rings is 1. The number of rotatable bonds is 6. The van der Waals surface area contributed by atoms with Crippen LogP contribution in [0.4, 0.5) is 4.39 Å². The Labute approximate surface area is 119 Å². The molecule has 0 amide bonds. The van der Waals surface area contributed by atoms with Crippen molar-refractivity contribution < 1.29 is 14.2 Å². The van der Waals surface area contributed by atoms with Gasteiger partial charge in [0.1, 0.15) is 11.6 Å². The van der Waals surface area contributed by atoms with E-state index in [1.165, 1.54) is 13.2 Å². The lowest BCUT2D eigenvalue weighted by molar-refractivity contribution is 0.220. The second-order valence-electron chi connectivity index (χ2n) is 5.39. The van der Waals surface area contributed by atoms with E-state index in [0.717, 1.165) is 26.1 Å². The molecule has 5 heteroatoms. The number of halogens is 1. The fraction of sp³-hybridized carbons (Fsp3) is 0.600. The standard InChI is InChI=1S/C15H23FN2O2/c1-20-14-4-2-3-12(16)15(14)13(17)6-8-18-7-5-11(9-18)10-19/h2-4,11,13,19H,5-10,17H2,1H3. The molecule has 0 aromatic heterocycles. The molecule has 20 heavy (non-hydrogen) atoms. The Morgan fingerprint density at radius 2 is 2.35 bits per heavy atom. The zero-order valence-electron chi connectivity index (χ0n) is 11.9. The second-order valence-corrected chi connectivity index (χ2v) is 5.39. The van der Waals surface area contributed by atoms with Crippen LogP contribution in [0.5, 0.6) is 5.75 Å². The number of nitrogens with two attached hydrogens (primary N) is 1. The molecule has 1 fully saturated rings. The van der Waals surface area contributed by atoms with Gasteiger partial charge in [-0.15, -0.1) is 0 Å². The van der Waals surface area contributed by atoms with Crippen LogP contribution in [-0.4, -0.2) is 43.4 Å². The highest BCUT2D eigenvalue weighted by Crippen LogP contribution is 2.29. The summed E-state index contributed by atoms with van der Waals surface area (Å²) >= 11 is 0. The summed E-state index contributed by atoms with van der Waals surface area (Å²) in [5.74, 6) is 0.563. The number of ether oxygens (including phenoxy) is 1. The van der Waals surface area contributed by atoms with Gasteiger partial charge in [-0.3, -0.25) is 0 Å². The van der Waals surface area contributed by atoms with Crippen LogP contribution < -0.4 is 10.5 Å². The summed E-state index contributed by atoms with van der Waals surface area (Å²) in [5.41, 5.74) is 6.57. The van der Waals surface area contributed by atoms with Crippen LogP contribution in [0.1, 0.15) is 24.4 Å². The van der Waals surface area contributed by atoms with E-state index in [-0.39, 0.29) is 18.5 Å². The van der Waals surface area contributed by atoms with Gasteiger partial charge in [0, 0.05) is 24.8 Å². The van der Waals surface area contributed by atoms with Crippen LogP contribution in [0.2, 0.25) is 0 Å².